The van der Waals surface area contributed by atoms with Gasteiger partial charge in [-0.3, -0.25) is 4.79 Å². The van der Waals surface area contributed by atoms with Crippen LogP contribution in [0.15, 0.2) is 22.6 Å². The summed E-state index contributed by atoms with van der Waals surface area (Å²) in [6.45, 7) is 5.13. The van der Waals surface area contributed by atoms with E-state index in [1.165, 1.54) is 0 Å². The van der Waals surface area contributed by atoms with Crippen molar-refractivity contribution in [3.63, 3.8) is 0 Å². The second kappa shape index (κ2) is 6.58. The Morgan fingerprint density at radius 1 is 1.39 bits per heavy atom. The molecule has 2 aromatic rings. The van der Waals surface area contributed by atoms with Crippen molar-refractivity contribution < 1.29 is 9.21 Å². The van der Waals surface area contributed by atoms with Gasteiger partial charge in [0.05, 0.1) is 17.3 Å². The number of hydrogen-bond acceptors (Lipinski definition) is 5. The molecule has 122 valence electrons. The highest BCUT2D eigenvalue weighted by molar-refractivity contribution is 6.33. The number of nitrogens with zero attached hydrogens (tertiary/aromatic N) is 3. The van der Waals surface area contributed by atoms with Gasteiger partial charge in [-0.1, -0.05) is 25.4 Å². The topological polar surface area (TPSA) is 71.3 Å². The summed E-state index contributed by atoms with van der Waals surface area (Å²) < 4.78 is 5.56. The number of hydrogen-bond donors (Lipinski definition) is 1. The Kier molecular flexibility index (Phi) is 4.52. The van der Waals surface area contributed by atoms with E-state index in [0.29, 0.717) is 29.8 Å². The van der Waals surface area contributed by atoms with Gasteiger partial charge in [0.15, 0.2) is 0 Å². The molecule has 1 aromatic carbocycles. The number of aromatic nitrogens is 2. The molecule has 0 atom stereocenters. The molecule has 0 spiro atoms. The molecule has 0 aliphatic carbocycles. The average molecular weight is 335 g/mol. The van der Waals surface area contributed by atoms with Crippen molar-refractivity contribution in [2.75, 3.05) is 16.8 Å². The Labute approximate surface area is 139 Å². The van der Waals surface area contributed by atoms with E-state index in [-0.39, 0.29) is 11.8 Å². The van der Waals surface area contributed by atoms with Crippen LogP contribution in [0.1, 0.15) is 44.4 Å². The van der Waals surface area contributed by atoms with E-state index in [9.17, 15) is 4.79 Å². The number of anilines is 2. The molecule has 1 amide bonds. The summed E-state index contributed by atoms with van der Waals surface area (Å²) in [5, 5.41) is 11.8. The summed E-state index contributed by atoms with van der Waals surface area (Å²) in [4.78, 5) is 13.6. The van der Waals surface area contributed by atoms with E-state index < -0.39 is 0 Å². The van der Waals surface area contributed by atoms with Gasteiger partial charge in [0.2, 0.25) is 17.7 Å². The molecule has 0 saturated carbocycles. The fourth-order valence-corrected chi connectivity index (χ4v) is 2.66. The van der Waals surface area contributed by atoms with Crippen LogP contribution in [0.25, 0.3) is 0 Å². The summed E-state index contributed by atoms with van der Waals surface area (Å²) >= 11 is 6.23. The van der Waals surface area contributed by atoms with Crippen LogP contribution >= 0.6 is 11.6 Å². The van der Waals surface area contributed by atoms with Crippen molar-refractivity contribution in [3.05, 3.63) is 35.0 Å². The molecule has 1 fully saturated rings. The Hall–Kier alpha value is -2.08. The lowest BCUT2D eigenvalue weighted by molar-refractivity contribution is -0.117. The molecule has 3 rings (SSSR count). The SMILES string of the molecule is CC(C)c1nnc(CNc2cc(N3CCCC3=O)ccc2Cl)o1. The summed E-state index contributed by atoms with van der Waals surface area (Å²) in [7, 11) is 0. The first kappa shape index (κ1) is 15.8. The van der Waals surface area contributed by atoms with Gasteiger partial charge in [0.25, 0.3) is 0 Å². The van der Waals surface area contributed by atoms with Crippen LogP contribution in [0.3, 0.4) is 0 Å². The fourth-order valence-electron chi connectivity index (χ4n) is 2.48. The van der Waals surface area contributed by atoms with E-state index in [4.69, 9.17) is 16.0 Å². The highest BCUT2D eigenvalue weighted by Crippen LogP contribution is 2.30. The average Bonchev–Trinajstić information content (AvgIpc) is 3.15. The first-order chi connectivity index (χ1) is 11.0. The highest BCUT2D eigenvalue weighted by Gasteiger charge is 2.22. The summed E-state index contributed by atoms with van der Waals surface area (Å²) in [6.07, 6.45) is 1.50. The molecule has 0 unspecified atom stereocenters. The Morgan fingerprint density at radius 2 is 2.22 bits per heavy atom. The summed E-state index contributed by atoms with van der Waals surface area (Å²) in [5.74, 6) is 1.47. The van der Waals surface area contributed by atoms with Crippen molar-refractivity contribution in [1.82, 2.24) is 10.2 Å². The lowest BCUT2D eigenvalue weighted by Gasteiger charge is -2.17. The lowest BCUT2D eigenvalue weighted by atomic mass is 10.2. The van der Waals surface area contributed by atoms with Crippen molar-refractivity contribution in [2.45, 2.75) is 39.2 Å². The molecule has 1 aliphatic rings. The fraction of sp³-hybridized carbons (Fsp3) is 0.438. The Morgan fingerprint density at radius 3 is 2.87 bits per heavy atom. The summed E-state index contributed by atoms with van der Waals surface area (Å²) in [5.41, 5.74) is 1.60. The number of rotatable bonds is 5. The molecule has 1 aliphatic heterocycles. The van der Waals surface area contributed by atoms with Gasteiger partial charge in [0, 0.05) is 24.6 Å². The number of carbonyl (C=O) groups excluding carboxylic acids is 1. The van der Waals surface area contributed by atoms with Gasteiger partial charge < -0.3 is 14.6 Å². The predicted octanol–water partition coefficient (Wildman–Crippen LogP) is 3.59. The molecule has 2 heterocycles. The molecule has 1 saturated heterocycles. The quantitative estimate of drug-likeness (QED) is 0.904. The van der Waals surface area contributed by atoms with E-state index in [2.05, 4.69) is 15.5 Å². The first-order valence-corrected chi connectivity index (χ1v) is 8.08. The largest absolute Gasteiger partial charge is 0.423 e. The lowest BCUT2D eigenvalue weighted by Crippen LogP contribution is -2.23. The molecular formula is C16H19ClN4O2. The van der Waals surface area contributed by atoms with Gasteiger partial charge in [-0.05, 0) is 24.6 Å². The zero-order valence-electron chi connectivity index (χ0n) is 13.2. The molecule has 1 N–H and O–H groups in total. The van der Waals surface area contributed by atoms with E-state index in [0.717, 1.165) is 24.3 Å². The van der Waals surface area contributed by atoms with E-state index in [1.54, 1.807) is 11.0 Å². The van der Waals surface area contributed by atoms with Crippen molar-refractivity contribution in [2.24, 2.45) is 0 Å². The van der Waals surface area contributed by atoms with Crippen molar-refractivity contribution in [3.8, 4) is 0 Å². The Balaban J connectivity index is 1.72. The normalized spacial score (nSPS) is 14.8. The molecule has 1 aromatic heterocycles. The van der Waals surface area contributed by atoms with Crippen LogP contribution in [0.4, 0.5) is 11.4 Å². The van der Waals surface area contributed by atoms with Crippen LogP contribution in [0.2, 0.25) is 5.02 Å². The van der Waals surface area contributed by atoms with Gasteiger partial charge in [-0.2, -0.15) is 0 Å². The highest BCUT2D eigenvalue weighted by atomic mass is 35.5. The monoisotopic (exact) mass is 334 g/mol. The van der Waals surface area contributed by atoms with Crippen LogP contribution in [0.5, 0.6) is 0 Å². The van der Waals surface area contributed by atoms with Gasteiger partial charge in [0.1, 0.15) is 0 Å². The molecule has 7 heteroatoms. The maximum atomic E-state index is 11.9. The number of carbonyl (C=O) groups is 1. The smallest absolute Gasteiger partial charge is 0.235 e. The zero-order valence-corrected chi connectivity index (χ0v) is 13.9. The molecule has 0 bridgehead atoms. The van der Waals surface area contributed by atoms with Crippen LogP contribution in [-0.2, 0) is 11.3 Å². The standard InChI is InChI=1S/C16H19ClN4O2/c1-10(2)16-20-19-14(23-16)9-18-13-8-11(5-6-12(13)17)21-7-3-4-15(21)22/h5-6,8,10,18H,3-4,7,9H2,1-2H3. The third-order valence-corrected chi connectivity index (χ3v) is 4.07. The van der Waals surface area contributed by atoms with E-state index in [1.807, 2.05) is 26.0 Å². The van der Waals surface area contributed by atoms with Crippen molar-refractivity contribution >= 4 is 28.9 Å². The Bertz CT molecular complexity index is 714. The van der Waals surface area contributed by atoms with Crippen LogP contribution in [0, 0.1) is 0 Å². The number of nitrogens with one attached hydrogen (secondary N) is 1. The maximum absolute atomic E-state index is 11.9. The number of amides is 1. The molecule has 6 nitrogen and oxygen atoms in total. The third-order valence-electron chi connectivity index (χ3n) is 3.74. The number of benzene rings is 1. The minimum atomic E-state index is 0.150. The number of halogens is 1. The summed E-state index contributed by atoms with van der Waals surface area (Å²) in [6, 6.07) is 5.53. The van der Waals surface area contributed by atoms with Gasteiger partial charge in [-0.25, -0.2) is 0 Å². The second-order valence-corrected chi connectivity index (χ2v) is 6.26. The zero-order chi connectivity index (χ0) is 16.4. The minimum Gasteiger partial charge on any atom is -0.423 e. The minimum absolute atomic E-state index is 0.150. The van der Waals surface area contributed by atoms with Gasteiger partial charge in [-0.15, -0.1) is 10.2 Å². The first-order valence-electron chi connectivity index (χ1n) is 7.70. The molecular weight excluding hydrogens is 316 g/mol. The van der Waals surface area contributed by atoms with Crippen LogP contribution < -0.4 is 10.2 Å². The third kappa shape index (κ3) is 3.47. The molecule has 0 radical (unpaired) electrons. The second-order valence-electron chi connectivity index (χ2n) is 5.86. The van der Waals surface area contributed by atoms with Gasteiger partial charge >= 0.3 is 0 Å². The molecule has 23 heavy (non-hydrogen) atoms. The predicted molar refractivity (Wildman–Crippen MR) is 88.8 cm³/mol. The van der Waals surface area contributed by atoms with Crippen LogP contribution in [-0.4, -0.2) is 22.6 Å². The van der Waals surface area contributed by atoms with Crippen molar-refractivity contribution in [1.29, 1.82) is 0 Å². The maximum Gasteiger partial charge on any atom is 0.235 e. The van der Waals surface area contributed by atoms with E-state index >= 15 is 0 Å².